The minimum atomic E-state index is 0.0599. The van der Waals surface area contributed by atoms with Gasteiger partial charge in [-0.25, -0.2) is 0 Å². The van der Waals surface area contributed by atoms with E-state index in [4.69, 9.17) is 0 Å². The van der Waals surface area contributed by atoms with E-state index in [1.54, 1.807) is 0 Å². The Morgan fingerprint density at radius 1 is 1.44 bits per heavy atom. The zero-order valence-corrected chi connectivity index (χ0v) is 11.6. The quantitative estimate of drug-likeness (QED) is 0.845. The van der Waals surface area contributed by atoms with Gasteiger partial charge in [-0.3, -0.25) is 4.79 Å². The standard InChI is InChI=1S/C13H16INO/c1-2-13(7-8-13)9-15-12(16)10-5-3-4-6-11(10)14/h3-6H,2,7-9H2,1H3,(H,15,16). The van der Waals surface area contributed by atoms with Crippen molar-refractivity contribution in [1.82, 2.24) is 5.32 Å². The molecule has 0 saturated heterocycles. The minimum Gasteiger partial charge on any atom is -0.351 e. The minimum absolute atomic E-state index is 0.0599. The Morgan fingerprint density at radius 3 is 2.69 bits per heavy atom. The number of hydrogen-bond donors (Lipinski definition) is 1. The summed E-state index contributed by atoms with van der Waals surface area (Å²) in [5.74, 6) is 0.0599. The van der Waals surface area contributed by atoms with E-state index in [0.717, 1.165) is 15.7 Å². The number of carbonyl (C=O) groups is 1. The predicted octanol–water partition coefficient (Wildman–Crippen LogP) is 3.21. The van der Waals surface area contributed by atoms with E-state index in [1.165, 1.54) is 19.3 Å². The average molecular weight is 329 g/mol. The van der Waals surface area contributed by atoms with E-state index >= 15 is 0 Å². The van der Waals surface area contributed by atoms with Crippen molar-refractivity contribution in [2.75, 3.05) is 6.54 Å². The van der Waals surface area contributed by atoms with Crippen molar-refractivity contribution in [1.29, 1.82) is 0 Å². The maximum absolute atomic E-state index is 11.9. The molecular weight excluding hydrogens is 313 g/mol. The molecule has 0 aliphatic heterocycles. The van der Waals surface area contributed by atoms with Gasteiger partial charge in [0.25, 0.3) is 5.91 Å². The van der Waals surface area contributed by atoms with Gasteiger partial charge >= 0.3 is 0 Å². The second kappa shape index (κ2) is 4.73. The molecule has 1 aromatic rings. The van der Waals surface area contributed by atoms with Crippen LogP contribution in [0.2, 0.25) is 0 Å². The molecule has 1 aliphatic rings. The Kier molecular flexibility index (Phi) is 3.52. The van der Waals surface area contributed by atoms with E-state index in [-0.39, 0.29) is 5.91 Å². The zero-order chi connectivity index (χ0) is 11.6. The van der Waals surface area contributed by atoms with Gasteiger partial charge in [-0.15, -0.1) is 0 Å². The van der Waals surface area contributed by atoms with Crippen LogP contribution in [-0.4, -0.2) is 12.5 Å². The monoisotopic (exact) mass is 329 g/mol. The van der Waals surface area contributed by atoms with E-state index in [2.05, 4.69) is 34.8 Å². The van der Waals surface area contributed by atoms with Crippen LogP contribution in [0.15, 0.2) is 24.3 Å². The fraction of sp³-hybridized carbons (Fsp3) is 0.462. The zero-order valence-electron chi connectivity index (χ0n) is 9.42. The van der Waals surface area contributed by atoms with Gasteiger partial charge in [-0.1, -0.05) is 19.1 Å². The lowest BCUT2D eigenvalue weighted by Crippen LogP contribution is -2.30. The van der Waals surface area contributed by atoms with Gasteiger partial charge in [0.1, 0.15) is 0 Å². The summed E-state index contributed by atoms with van der Waals surface area (Å²) in [6.45, 7) is 3.03. The highest BCUT2D eigenvalue weighted by Crippen LogP contribution is 2.47. The molecule has 1 amide bonds. The first kappa shape index (κ1) is 11.9. The normalized spacial score (nSPS) is 16.9. The van der Waals surface area contributed by atoms with Crippen molar-refractivity contribution >= 4 is 28.5 Å². The van der Waals surface area contributed by atoms with E-state index in [9.17, 15) is 4.79 Å². The van der Waals surface area contributed by atoms with Crippen molar-refractivity contribution < 1.29 is 4.79 Å². The smallest absolute Gasteiger partial charge is 0.252 e. The molecule has 1 N–H and O–H groups in total. The first-order valence-corrected chi connectivity index (χ1v) is 6.77. The fourth-order valence-electron chi connectivity index (χ4n) is 1.84. The average Bonchev–Trinajstić information content (AvgIpc) is 3.07. The third-order valence-corrected chi connectivity index (χ3v) is 4.39. The largest absolute Gasteiger partial charge is 0.351 e. The summed E-state index contributed by atoms with van der Waals surface area (Å²) < 4.78 is 1.01. The van der Waals surface area contributed by atoms with Crippen molar-refractivity contribution in [3.63, 3.8) is 0 Å². The molecule has 0 radical (unpaired) electrons. The van der Waals surface area contributed by atoms with Crippen LogP contribution in [0.4, 0.5) is 0 Å². The number of amides is 1. The molecule has 1 aliphatic carbocycles. The van der Waals surface area contributed by atoms with Crippen LogP contribution in [0.1, 0.15) is 36.5 Å². The fourth-order valence-corrected chi connectivity index (χ4v) is 2.47. The highest BCUT2D eigenvalue weighted by molar-refractivity contribution is 14.1. The van der Waals surface area contributed by atoms with Crippen LogP contribution in [0.3, 0.4) is 0 Å². The SMILES string of the molecule is CCC1(CNC(=O)c2ccccc2I)CC1. The second-order valence-corrected chi connectivity index (χ2v) is 5.68. The topological polar surface area (TPSA) is 29.1 Å². The lowest BCUT2D eigenvalue weighted by atomic mass is 10.0. The van der Waals surface area contributed by atoms with Crippen LogP contribution in [0, 0.1) is 8.99 Å². The number of carbonyl (C=O) groups excluding carboxylic acids is 1. The van der Waals surface area contributed by atoms with Gasteiger partial charge in [0.15, 0.2) is 0 Å². The third-order valence-electron chi connectivity index (χ3n) is 3.45. The number of rotatable bonds is 4. The Labute approximate surface area is 110 Å². The lowest BCUT2D eigenvalue weighted by Gasteiger charge is -2.13. The molecular formula is C13H16INO. The molecule has 0 unspecified atom stereocenters. The van der Waals surface area contributed by atoms with Crippen LogP contribution >= 0.6 is 22.6 Å². The highest BCUT2D eigenvalue weighted by atomic mass is 127. The van der Waals surface area contributed by atoms with Crippen molar-refractivity contribution in [2.24, 2.45) is 5.41 Å². The predicted molar refractivity (Wildman–Crippen MR) is 73.5 cm³/mol. The molecule has 2 nitrogen and oxygen atoms in total. The summed E-state index contributed by atoms with van der Waals surface area (Å²) in [6, 6.07) is 7.70. The number of halogens is 1. The van der Waals surface area contributed by atoms with Gasteiger partial charge in [-0.05, 0) is 59.4 Å². The molecule has 1 aromatic carbocycles. The Bertz CT molecular complexity index is 399. The summed E-state index contributed by atoms with van der Waals surface area (Å²) >= 11 is 2.20. The van der Waals surface area contributed by atoms with E-state index < -0.39 is 0 Å². The summed E-state index contributed by atoms with van der Waals surface area (Å²) in [5, 5.41) is 3.05. The highest BCUT2D eigenvalue weighted by Gasteiger charge is 2.40. The second-order valence-electron chi connectivity index (χ2n) is 4.52. The summed E-state index contributed by atoms with van der Waals surface area (Å²) in [5.41, 5.74) is 1.20. The van der Waals surface area contributed by atoms with E-state index in [1.807, 2.05) is 24.3 Å². The van der Waals surface area contributed by atoms with Crippen molar-refractivity contribution in [3.05, 3.63) is 33.4 Å². The molecule has 1 fully saturated rings. The maximum atomic E-state index is 11.9. The first-order valence-electron chi connectivity index (χ1n) is 5.70. The van der Waals surface area contributed by atoms with Crippen molar-refractivity contribution in [3.8, 4) is 0 Å². The van der Waals surface area contributed by atoms with Gasteiger partial charge < -0.3 is 5.32 Å². The number of hydrogen-bond acceptors (Lipinski definition) is 1. The Hall–Kier alpha value is -0.580. The van der Waals surface area contributed by atoms with Crippen LogP contribution < -0.4 is 5.32 Å². The molecule has 16 heavy (non-hydrogen) atoms. The molecule has 0 spiro atoms. The van der Waals surface area contributed by atoms with Gasteiger partial charge in [0, 0.05) is 10.1 Å². The summed E-state index contributed by atoms with van der Waals surface area (Å²) in [6.07, 6.45) is 3.69. The number of nitrogens with one attached hydrogen (secondary N) is 1. The lowest BCUT2D eigenvalue weighted by molar-refractivity contribution is 0.0943. The molecule has 86 valence electrons. The Morgan fingerprint density at radius 2 is 2.12 bits per heavy atom. The molecule has 0 heterocycles. The molecule has 0 aromatic heterocycles. The molecule has 0 bridgehead atoms. The molecule has 2 rings (SSSR count). The summed E-state index contributed by atoms with van der Waals surface area (Å²) in [7, 11) is 0. The van der Waals surface area contributed by atoms with E-state index in [0.29, 0.717) is 5.41 Å². The maximum Gasteiger partial charge on any atom is 0.252 e. The molecule has 1 saturated carbocycles. The third kappa shape index (κ3) is 2.56. The van der Waals surface area contributed by atoms with Crippen LogP contribution in [0.5, 0.6) is 0 Å². The first-order chi connectivity index (χ1) is 7.67. The molecule has 0 atom stereocenters. The van der Waals surface area contributed by atoms with Crippen molar-refractivity contribution in [2.45, 2.75) is 26.2 Å². The summed E-state index contributed by atoms with van der Waals surface area (Å²) in [4.78, 5) is 11.9. The van der Waals surface area contributed by atoms with Crippen LogP contribution in [-0.2, 0) is 0 Å². The molecule has 3 heteroatoms. The van der Waals surface area contributed by atoms with Gasteiger partial charge in [-0.2, -0.15) is 0 Å². The van der Waals surface area contributed by atoms with Crippen LogP contribution in [0.25, 0.3) is 0 Å². The van der Waals surface area contributed by atoms with Gasteiger partial charge in [0.2, 0.25) is 0 Å². The van der Waals surface area contributed by atoms with Gasteiger partial charge in [0.05, 0.1) is 5.56 Å². The Balaban J connectivity index is 1.96. The number of benzene rings is 1.